The van der Waals surface area contributed by atoms with Gasteiger partial charge < -0.3 is 29.1 Å². The Morgan fingerprint density at radius 1 is 0.770 bits per heavy atom. The average Bonchev–Trinajstić information content (AvgIpc) is 4.01. The highest BCUT2D eigenvalue weighted by atomic mass is 16.5. The number of carbonyl (C=O) groups is 2. The molecule has 0 radical (unpaired) electrons. The second-order valence-corrected chi connectivity index (χ2v) is 15.8. The van der Waals surface area contributed by atoms with E-state index in [1.165, 1.54) is 11.1 Å². The van der Waals surface area contributed by atoms with E-state index in [-0.39, 0.29) is 11.8 Å². The lowest BCUT2D eigenvalue weighted by Gasteiger charge is -2.17. The molecule has 2 N–H and O–H groups in total. The van der Waals surface area contributed by atoms with Crippen LogP contribution in [0.5, 0.6) is 11.5 Å². The zero-order valence-corrected chi connectivity index (χ0v) is 36.6. The SMILES string of the molecule is CC/C(=C(/c1ccc(OCCN(C)C)cc1)c1ccc(OC(=O)CCCCCCCCC(=O)c2c(C)[nH]c(C=C3N=C(c4ccc[nH]4)C=C3OC)c2C)cc1)c1ccccc1. The highest BCUT2D eigenvalue weighted by Crippen LogP contribution is 2.36. The molecule has 0 spiro atoms. The van der Waals surface area contributed by atoms with Gasteiger partial charge in [0.05, 0.1) is 18.5 Å². The van der Waals surface area contributed by atoms with Crippen LogP contribution < -0.4 is 9.47 Å². The van der Waals surface area contributed by atoms with Crippen LogP contribution in [-0.4, -0.2) is 66.7 Å². The number of nitrogens with zero attached hydrogens (tertiary/aromatic N) is 2. The van der Waals surface area contributed by atoms with Crippen LogP contribution in [-0.2, 0) is 9.53 Å². The number of ether oxygens (including phenoxy) is 3. The molecule has 1 aliphatic rings. The standard InChI is InChI=1S/C52H60N4O5/c1-7-43(38-18-13-12-14-19-38)52(39-23-27-41(28-24-39)60-33-32-56(4)5)40-25-29-42(30-26-40)61-50(58)22-16-11-9-8-10-15-21-48(57)51-36(2)45(54-37(51)3)34-47-49(59-6)35-46(55-47)44-20-17-31-53-44/h12-14,17-20,23-31,34-35,53-54H,7-11,15-16,21-22,32-33H2,1-6H3/b47-34?,52-43+. The van der Waals surface area contributed by atoms with Crippen molar-refractivity contribution in [2.75, 3.05) is 34.4 Å². The first-order chi connectivity index (χ1) is 29.6. The van der Waals surface area contributed by atoms with Crippen molar-refractivity contribution < 1.29 is 23.8 Å². The normalized spacial score (nSPS) is 13.6. The van der Waals surface area contributed by atoms with Crippen LogP contribution >= 0.6 is 0 Å². The highest BCUT2D eigenvalue weighted by Gasteiger charge is 2.21. The molecule has 318 valence electrons. The molecule has 61 heavy (non-hydrogen) atoms. The molecule has 0 saturated heterocycles. The molecule has 0 amide bonds. The molecular weight excluding hydrogens is 761 g/mol. The van der Waals surface area contributed by atoms with E-state index >= 15 is 0 Å². The molecule has 1 aliphatic heterocycles. The van der Waals surface area contributed by atoms with E-state index < -0.39 is 0 Å². The van der Waals surface area contributed by atoms with E-state index in [1.54, 1.807) is 7.11 Å². The molecule has 0 bridgehead atoms. The Labute approximate surface area is 361 Å². The Morgan fingerprint density at radius 3 is 2.05 bits per heavy atom. The first kappa shape index (κ1) is 44.4. The fourth-order valence-corrected chi connectivity index (χ4v) is 7.79. The molecule has 0 aliphatic carbocycles. The maximum atomic E-state index is 13.3. The number of aromatic amines is 2. The Kier molecular flexibility index (Phi) is 15.9. The largest absolute Gasteiger partial charge is 0.494 e. The van der Waals surface area contributed by atoms with Crippen LogP contribution in [0, 0.1) is 13.8 Å². The van der Waals surface area contributed by atoms with Crippen molar-refractivity contribution in [3.8, 4) is 11.5 Å². The lowest BCUT2D eigenvalue weighted by Crippen LogP contribution is -2.19. The number of aryl methyl sites for hydroxylation is 1. The first-order valence-corrected chi connectivity index (χ1v) is 21.5. The summed E-state index contributed by atoms with van der Waals surface area (Å²) in [4.78, 5) is 39.6. The molecule has 9 heteroatoms. The minimum Gasteiger partial charge on any atom is -0.494 e. The summed E-state index contributed by atoms with van der Waals surface area (Å²) < 4.78 is 17.3. The minimum atomic E-state index is -0.222. The first-order valence-electron chi connectivity index (χ1n) is 21.5. The third kappa shape index (κ3) is 12.0. The van der Waals surface area contributed by atoms with Crippen LogP contribution in [0.15, 0.2) is 120 Å². The number of Topliss-reactive ketones (excluding diaryl/α,β-unsaturated/α-hetero) is 1. The smallest absolute Gasteiger partial charge is 0.311 e. The van der Waals surface area contributed by atoms with Crippen LogP contribution in [0.3, 0.4) is 0 Å². The zero-order valence-electron chi connectivity index (χ0n) is 36.6. The summed E-state index contributed by atoms with van der Waals surface area (Å²) in [7, 11) is 5.71. The maximum absolute atomic E-state index is 13.3. The number of allylic oxidation sites excluding steroid dienone is 2. The summed E-state index contributed by atoms with van der Waals surface area (Å²) in [6.45, 7) is 7.59. The molecule has 5 aromatic rings. The summed E-state index contributed by atoms with van der Waals surface area (Å²) in [6, 6.07) is 30.6. The second kappa shape index (κ2) is 21.9. The quantitative estimate of drug-likeness (QED) is 0.0237. The summed E-state index contributed by atoms with van der Waals surface area (Å²) in [5, 5.41) is 0. The molecule has 9 nitrogen and oxygen atoms in total. The van der Waals surface area contributed by atoms with Crippen molar-refractivity contribution in [2.45, 2.75) is 78.6 Å². The minimum absolute atomic E-state index is 0.154. The highest BCUT2D eigenvalue weighted by molar-refractivity contribution is 6.11. The summed E-state index contributed by atoms with van der Waals surface area (Å²) in [6.07, 6.45) is 13.0. The van der Waals surface area contributed by atoms with Crippen molar-refractivity contribution in [1.29, 1.82) is 0 Å². The lowest BCUT2D eigenvalue weighted by atomic mass is 9.88. The monoisotopic (exact) mass is 820 g/mol. The molecule has 6 rings (SSSR count). The Bertz CT molecular complexity index is 2350. The number of aromatic nitrogens is 2. The number of H-pyrrole nitrogens is 2. The van der Waals surface area contributed by atoms with Gasteiger partial charge in [0, 0.05) is 48.6 Å². The van der Waals surface area contributed by atoms with Gasteiger partial charge in [0.25, 0.3) is 0 Å². The van der Waals surface area contributed by atoms with E-state index in [1.807, 2.05) is 101 Å². The van der Waals surface area contributed by atoms with Gasteiger partial charge in [-0.2, -0.15) is 0 Å². The lowest BCUT2D eigenvalue weighted by molar-refractivity contribution is -0.134. The number of unbranched alkanes of at least 4 members (excludes halogenated alkanes) is 5. The van der Waals surface area contributed by atoms with Gasteiger partial charge in [0.15, 0.2) is 5.78 Å². The van der Waals surface area contributed by atoms with Crippen LogP contribution in [0.2, 0.25) is 0 Å². The van der Waals surface area contributed by atoms with E-state index in [0.717, 1.165) is 108 Å². The average molecular weight is 821 g/mol. The third-order valence-electron chi connectivity index (χ3n) is 11.0. The van der Waals surface area contributed by atoms with Gasteiger partial charge in [-0.25, -0.2) is 4.99 Å². The van der Waals surface area contributed by atoms with Crippen molar-refractivity contribution in [3.05, 3.63) is 160 Å². The van der Waals surface area contributed by atoms with Gasteiger partial charge in [0.1, 0.15) is 29.6 Å². The number of carbonyl (C=O) groups excluding carboxylic acids is 2. The fourth-order valence-electron chi connectivity index (χ4n) is 7.79. The summed E-state index contributed by atoms with van der Waals surface area (Å²) >= 11 is 0. The molecule has 0 fully saturated rings. The number of rotatable bonds is 22. The van der Waals surface area contributed by atoms with Crippen LogP contribution in [0.4, 0.5) is 0 Å². The Morgan fingerprint density at radius 2 is 1.43 bits per heavy atom. The van der Waals surface area contributed by atoms with E-state index in [0.29, 0.717) is 36.7 Å². The van der Waals surface area contributed by atoms with E-state index in [9.17, 15) is 9.59 Å². The molecular formula is C52H60N4O5. The number of hydrogen-bond acceptors (Lipinski definition) is 7. The number of methoxy groups -OCH3 is 1. The van der Waals surface area contributed by atoms with Crippen molar-refractivity contribution in [3.63, 3.8) is 0 Å². The van der Waals surface area contributed by atoms with Gasteiger partial charge in [-0.1, -0.05) is 87.2 Å². The topological polar surface area (TPSA) is 109 Å². The summed E-state index contributed by atoms with van der Waals surface area (Å²) in [5.41, 5.74) is 11.6. The van der Waals surface area contributed by atoms with Gasteiger partial charge in [-0.3, -0.25) is 9.59 Å². The van der Waals surface area contributed by atoms with Gasteiger partial charge in [0.2, 0.25) is 0 Å². The number of aliphatic imine (C=N–C) groups is 1. The number of nitrogens with one attached hydrogen (secondary N) is 2. The fraction of sp³-hybridized carbons (Fsp3) is 0.327. The predicted molar refractivity (Wildman–Crippen MR) is 247 cm³/mol. The second-order valence-electron chi connectivity index (χ2n) is 15.8. The molecule has 3 heterocycles. The molecule has 3 aromatic carbocycles. The van der Waals surface area contributed by atoms with Crippen molar-refractivity contribution >= 4 is 34.7 Å². The van der Waals surface area contributed by atoms with Crippen molar-refractivity contribution in [1.82, 2.24) is 14.9 Å². The molecule has 0 atom stereocenters. The number of benzene rings is 3. The summed E-state index contributed by atoms with van der Waals surface area (Å²) in [5.74, 6) is 2.00. The third-order valence-corrected chi connectivity index (χ3v) is 11.0. The number of hydrogen-bond donors (Lipinski definition) is 2. The van der Waals surface area contributed by atoms with Gasteiger partial charge in [-0.15, -0.1) is 0 Å². The zero-order chi connectivity index (χ0) is 43.1. The number of ketones is 1. The Hall–Kier alpha value is -6.19. The Balaban J connectivity index is 0.950. The van der Waals surface area contributed by atoms with E-state index in [2.05, 4.69) is 58.2 Å². The van der Waals surface area contributed by atoms with Crippen molar-refractivity contribution in [2.24, 2.45) is 4.99 Å². The van der Waals surface area contributed by atoms with Gasteiger partial charge in [-0.05, 0) is 123 Å². The molecule has 2 aromatic heterocycles. The van der Waals surface area contributed by atoms with Crippen LogP contribution in [0.1, 0.15) is 114 Å². The molecule has 0 unspecified atom stereocenters. The van der Waals surface area contributed by atoms with Crippen LogP contribution in [0.25, 0.3) is 17.2 Å². The van der Waals surface area contributed by atoms with E-state index in [4.69, 9.17) is 19.2 Å². The number of esters is 1. The molecule has 0 saturated carbocycles. The maximum Gasteiger partial charge on any atom is 0.311 e. The van der Waals surface area contributed by atoms with Gasteiger partial charge >= 0.3 is 5.97 Å². The predicted octanol–water partition coefficient (Wildman–Crippen LogP) is 11.6. The number of likely N-dealkylation sites (N-methyl/N-ethyl adjacent to an activating group) is 1.